The summed E-state index contributed by atoms with van der Waals surface area (Å²) in [5, 5.41) is 11.8. The van der Waals surface area contributed by atoms with Gasteiger partial charge in [-0.3, -0.25) is 9.44 Å². The Hall–Kier alpha value is -5.93. The minimum absolute atomic E-state index is 0.0417. The maximum absolute atomic E-state index is 12.9. The average Bonchev–Trinajstić information content (AvgIpc) is 4.18. The third kappa shape index (κ3) is 12.1. The van der Waals surface area contributed by atoms with E-state index in [-0.39, 0.29) is 47.7 Å². The van der Waals surface area contributed by atoms with Crippen molar-refractivity contribution in [1.82, 2.24) is 19.9 Å². The number of hydrogen-bond donors (Lipinski definition) is 3. The predicted molar refractivity (Wildman–Crippen MR) is 242 cm³/mol. The largest absolute Gasteiger partial charge is 0.475 e. The third-order valence-corrected chi connectivity index (χ3v) is 11.8. The fraction of sp³-hybridized carbons (Fsp3) is 0.217. The number of aromatic nitrogens is 4. The van der Waals surface area contributed by atoms with Crippen LogP contribution in [0.5, 0.6) is 5.88 Å². The monoisotopic (exact) mass is 876 g/mol. The lowest BCUT2D eigenvalue weighted by Crippen LogP contribution is -2.15. The van der Waals surface area contributed by atoms with Gasteiger partial charge in [0.2, 0.25) is 5.88 Å². The van der Waals surface area contributed by atoms with E-state index >= 15 is 0 Å². The number of ether oxygens (including phenoxy) is 1. The molecular weight excluding hydrogens is 832 g/mol. The lowest BCUT2D eigenvalue weighted by atomic mass is 10.1. The van der Waals surface area contributed by atoms with Gasteiger partial charge in [0.15, 0.2) is 11.6 Å². The second-order valence-corrected chi connectivity index (χ2v) is 18.3. The zero-order chi connectivity index (χ0) is 43.0. The highest BCUT2D eigenvalue weighted by molar-refractivity contribution is 7.96. The number of hydrogen-bond acceptors (Lipinski definition) is 10. The summed E-state index contributed by atoms with van der Waals surface area (Å²) in [6.45, 7) is 3.81. The summed E-state index contributed by atoms with van der Waals surface area (Å²) in [5.74, 6) is 2.16. The summed E-state index contributed by atoms with van der Waals surface area (Å²) in [5.41, 5.74) is 6.11. The normalized spacial score (nSPS) is 14.1. The molecule has 0 amide bonds. The zero-order valence-corrected chi connectivity index (χ0v) is 36.0. The van der Waals surface area contributed by atoms with Crippen LogP contribution in [-0.2, 0) is 20.0 Å². The molecule has 12 nitrogen and oxygen atoms in total. The van der Waals surface area contributed by atoms with Gasteiger partial charge in [0, 0.05) is 11.8 Å². The first-order chi connectivity index (χ1) is 29.4. The van der Waals surface area contributed by atoms with E-state index in [0.29, 0.717) is 22.8 Å². The molecule has 0 aliphatic heterocycles. The van der Waals surface area contributed by atoms with Crippen molar-refractivity contribution in [3.8, 4) is 28.1 Å². The Kier molecular flexibility index (Phi) is 13.6. The van der Waals surface area contributed by atoms with E-state index in [9.17, 15) is 21.9 Å². The maximum Gasteiger partial charge on any atom is 0.256 e. The van der Waals surface area contributed by atoms with Gasteiger partial charge in [0.25, 0.3) is 20.0 Å². The van der Waals surface area contributed by atoms with Gasteiger partial charge in [0.1, 0.15) is 23.4 Å². The van der Waals surface area contributed by atoms with Crippen LogP contribution in [0, 0.1) is 13.8 Å². The Balaban J connectivity index is 0.000000185. The molecular formula is C46H45ClN6O6S2. The van der Waals surface area contributed by atoms with E-state index < -0.39 is 20.0 Å². The molecule has 0 spiro atoms. The predicted octanol–water partition coefficient (Wildman–Crippen LogP) is 9.51. The van der Waals surface area contributed by atoms with E-state index in [1.807, 2.05) is 123 Å². The first kappa shape index (κ1) is 43.2. The Labute approximate surface area is 361 Å². The second-order valence-electron chi connectivity index (χ2n) is 14.8. The minimum atomic E-state index is -3.86. The molecule has 0 saturated heterocycles. The number of halogens is 1. The van der Waals surface area contributed by atoms with E-state index in [4.69, 9.17) is 16.3 Å². The zero-order valence-electron chi connectivity index (χ0n) is 33.6. The SMILES string of the molecule is Cc1ccc(-c2c(Cl)nc(C3CC3)nc2NS(=O)(=O)/C=C/c2ccccc2)cc1.Cc1ccc(-c2c(NS(=O)(=O)/C=C/c3ccccc3)nc(C3CC3)nc2OCCO)cc1. The number of rotatable bonds is 15. The molecule has 8 rings (SSSR count). The molecule has 0 radical (unpaired) electrons. The van der Waals surface area contributed by atoms with E-state index in [1.165, 1.54) is 6.08 Å². The highest BCUT2D eigenvalue weighted by Gasteiger charge is 2.31. The Morgan fingerprint density at radius 1 is 0.623 bits per heavy atom. The quantitative estimate of drug-likeness (QED) is 0.0844. The molecule has 61 heavy (non-hydrogen) atoms. The summed E-state index contributed by atoms with van der Waals surface area (Å²) in [7, 11) is -7.65. The highest BCUT2D eigenvalue weighted by Crippen LogP contribution is 2.44. The summed E-state index contributed by atoms with van der Waals surface area (Å²) < 4.78 is 62.1. The van der Waals surface area contributed by atoms with Crippen molar-refractivity contribution in [2.75, 3.05) is 22.7 Å². The van der Waals surface area contributed by atoms with Crippen molar-refractivity contribution in [1.29, 1.82) is 0 Å². The molecule has 2 heterocycles. The molecule has 2 aliphatic carbocycles. The lowest BCUT2D eigenvalue weighted by molar-refractivity contribution is 0.197. The number of anilines is 2. The van der Waals surface area contributed by atoms with Crippen molar-refractivity contribution in [3.63, 3.8) is 0 Å². The average molecular weight is 877 g/mol. The Morgan fingerprint density at radius 3 is 1.49 bits per heavy atom. The summed E-state index contributed by atoms with van der Waals surface area (Å²) >= 11 is 6.48. The summed E-state index contributed by atoms with van der Waals surface area (Å²) in [4.78, 5) is 18.1. The molecule has 4 aromatic carbocycles. The van der Waals surface area contributed by atoms with E-state index in [0.717, 1.165) is 69.9 Å². The van der Waals surface area contributed by atoms with Crippen molar-refractivity contribution in [3.05, 3.63) is 159 Å². The van der Waals surface area contributed by atoms with Crippen molar-refractivity contribution in [2.45, 2.75) is 51.4 Å². The van der Waals surface area contributed by atoms with Crippen molar-refractivity contribution in [2.24, 2.45) is 0 Å². The van der Waals surface area contributed by atoms with Crippen LogP contribution in [0.3, 0.4) is 0 Å². The molecule has 6 aromatic rings. The maximum atomic E-state index is 12.9. The molecule has 15 heteroatoms. The van der Waals surface area contributed by atoms with Crippen LogP contribution in [0.25, 0.3) is 34.4 Å². The number of sulfonamides is 2. The van der Waals surface area contributed by atoms with Crippen LogP contribution in [0.1, 0.15) is 71.4 Å². The fourth-order valence-corrected chi connectivity index (χ4v) is 8.04. The first-order valence-corrected chi connectivity index (χ1v) is 23.2. The number of aliphatic hydroxyl groups is 1. The van der Waals surface area contributed by atoms with Crippen LogP contribution in [0.15, 0.2) is 120 Å². The van der Waals surface area contributed by atoms with Gasteiger partial charge in [-0.25, -0.2) is 31.8 Å². The van der Waals surface area contributed by atoms with Gasteiger partial charge < -0.3 is 9.84 Å². The first-order valence-electron chi connectivity index (χ1n) is 19.8. The Morgan fingerprint density at radius 2 is 1.05 bits per heavy atom. The van der Waals surface area contributed by atoms with Gasteiger partial charge >= 0.3 is 0 Å². The topological polar surface area (TPSA) is 173 Å². The van der Waals surface area contributed by atoms with Gasteiger partial charge in [-0.2, -0.15) is 4.98 Å². The third-order valence-electron chi connectivity index (χ3n) is 9.63. The van der Waals surface area contributed by atoms with E-state index in [1.54, 1.807) is 6.08 Å². The number of nitrogens with zero attached hydrogens (tertiary/aromatic N) is 4. The highest BCUT2D eigenvalue weighted by atomic mass is 35.5. The van der Waals surface area contributed by atoms with Gasteiger partial charge in [0.05, 0.1) is 28.5 Å². The molecule has 3 N–H and O–H groups in total. The molecule has 0 bridgehead atoms. The summed E-state index contributed by atoms with van der Waals surface area (Å²) in [6.07, 6.45) is 6.94. The van der Waals surface area contributed by atoms with Crippen LogP contribution in [0.2, 0.25) is 5.15 Å². The van der Waals surface area contributed by atoms with Gasteiger partial charge in [-0.15, -0.1) is 0 Å². The summed E-state index contributed by atoms with van der Waals surface area (Å²) in [6, 6.07) is 33.6. The van der Waals surface area contributed by atoms with Crippen molar-refractivity contribution < 1.29 is 26.7 Å². The van der Waals surface area contributed by atoms with Crippen molar-refractivity contribution >= 4 is 55.4 Å². The van der Waals surface area contributed by atoms with E-state index in [2.05, 4.69) is 29.4 Å². The molecule has 0 unspecified atom stereocenters. The van der Waals surface area contributed by atoms with Crippen LogP contribution in [0.4, 0.5) is 11.6 Å². The second kappa shape index (κ2) is 19.2. The fourth-order valence-electron chi connectivity index (χ4n) is 6.11. The lowest BCUT2D eigenvalue weighted by Gasteiger charge is -2.16. The molecule has 2 aliphatic rings. The molecule has 2 fully saturated rings. The van der Waals surface area contributed by atoms with Gasteiger partial charge in [-0.05, 0) is 73.9 Å². The smallest absolute Gasteiger partial charge is 0.256 e. The molecule has 0 atom stereocenters. The van der Waals surface area contributed by atoms with Crippen LogP contribution < -0.4 is 14.2 Å². The standard InChI is InChI=1S/C24H25N3O4S.C22H20ClN3O2S/c1-17-7-9-19(10-8-17)21-23(25-22(20-11-12-20)26-24(21)31-15-14-28)27-32(29,30)16-13-18-5-3-2-4-6-18;1-15-7-9-17(10-8-15)19-20(23)24-21(18-11-12-18)25-22(19)26-29(27,28)14-13-16-5-3-2-4-6-16/h2-10,13,16,20,28H,11-12,14-15H2,1H3,(H,25,26,27);2-10,13-14,18H,11-12H2,1H3,(H,24,25,26)/b16-13+;14-13+. The molecule has 314 valence electrons. The number of benzene rings is 4. The number of aryl methyl sites for hydroxylation is 2. The molecule has 2 saturated carbocycles. The van der Waals surface area contributed by atoms with Crippen LogP contribution in [-0.4, -0.2) is 55.1 Å². The minimum Gasteiger partial charge on any atom is -0.475 e. The Bertz CT molecular complexity index is 2750. The molecule has 2 aromatic heterocycles. The number of aliphatic hydroxyl groups excluding tert-OH is 1. The number of nitrogens with one attached hydrogen (secondary N) is 2. The van der Waals surface area contributed by atoms with Crippen LogP contribution >= 0.6 is 11.6 Å². The van der Waals surface area contributed by atoms with Gasteiger partial charge in [-0.1, -0.05) is 132 Å².